The van der Waals surface area contributed by atoms with Crippen molar-refractivity contribution >= 4 is 27.5 Å². The van der Waals surface area contributed by atoms with E-state index in [1.165, 1.54) is 5.56 Å². The van der Waals surface area contributed by atoms with Crippen LogP contribution in [0.1, 0.15) is 28.4 Å². The maximum atomic E-state index is 12.8. The molecule has 1 atom stereocenters. The highest BCUT2D eigenvalue weighted by Gasteiger charge is 2.31. The zero-order chi connectivity index (χ0) is 14.3. The van der Waals surface area contributed by atoms with Gasteiger partial charge in [0, 0.05) is 21.8 Å². The Morgan fingerprint density at radius 1 is 1.25 bits per heavy atom. The Kier molecular flexibility index (Phi) is 3.38. The van der Waals surface area contributed by atoms with Crippen molar-refractivity contribution in [2.45, 2.75) is 26.3 Å². The van der Waals surface area contributed by atoms with E-state index in [0.717, 1.165) is 27.7 Å². The predicted octanol–water partition coefficient (Wildman–Crippen LogP) is 4.35. The summed E-state index contributed by atoms with van der Waals surface area (Å²) in [5.41, 5.74) is 4.12. The van der Waals surface area contributed by atoms with E-state index < -0.39 is 0 Å². The van der Waals surface area contributed by atoms with Crippen LogP contribution in [0.2, 0.25) is 0 Å². The number of benzene rings is 2. The third-order valence-electron chi connectivity index (χ3n) is 3.72. The van der Waals surface area contributed by atoms with Gasteiger partial charge < -0.3 is 4.90 Å². The van der Waals surface area contributed by atoms with Gasteiger partial charge in [-0.3, -0.25) is 4.79 Å². The van der Waals surface area contributed by atoms with Gasteiger partial charge >= 0.3 is 0 Å². The molecule has 1 unspecified atom stereocenters. The molecule has 0 saturated carbocycles. The van der Waals surface area contributed by atoms with Gasteiger partial charge in [0.1, 0.15) is 0 Å². The zero-order valence-electron chi connectivity index (χ0n) is 11.6. The number of amides is 1. The van der Waals surface area contributed by atoms with Crippen LogP contribution >= 0.6 is 15.9 Å². The van der Waals surface area contributed by atoms with E-state index in [0.29, 0.717) is 0 Å². The van der Waals surface area contributed by atoms with E-state index in [2.05, 4.69) is 28.9 Å². The van der Waals surface area contributed by atoms with Crippen LogP contribution in [0.15, 0.2) is 46.9 Å². The number of halogens is 1. The maximum absolute atomic E-state index is 12.8. The van der Waals surface area contributed by atoms with E-state index in [1.54, 1.807) is 0 Å². The van der Waals surface area contributed by atoms with Gasteiger partial charge in [0.05, 0.1) is 0 Å². The van der Waals surface area contributed by atoms with Crippen LogP contribution in [0.4, 0.5) is 5.69 Å². The molecular formula is C17H16BrNO. The summed E-state index contributed by atoms with van der Waals surface area (Å²) in [6.45, 7) is 4.10. The lowest BCUT2D eigenvalue weighted by molar-refractivity contribution is 0.0981. The van der Waals surface area contributed by atoms with Crippen LogP contribution < -0.4 is 4.90 Å². The molecule has 0 aliphatic carbocycles. The number of aryl methyl sites for hydroxylation is 1. The van der Waals surface area contributed by atoms with Gasteiger partial charge in [-0.15, -0.1) is 0 Å². The van der Waals surface area contributed by atoms with Crippen molar-refractivity contribution in [3.63, 3.8) is 0 Å². The zero-order valence-corrected chi connectivity index (χ0v) is 13.1. The molecule has 20 heavy (non-hydrogen) atoms. The van der Waals surface area contributed by atoms with Gasteiger partial charge in [0.15, 0.2) is 0 Å². The van der Waals surface area contributed by atoms with Gasteiger partial charge in [0.25, 0.3) is 5.91 Å². The van der Waals surface area contributed by atoms with Gasteiger partial charge in [0.2, 0.25) is 0 Å². The lowest BCUT2D eigenvalue weighted by Crippen LogP contribution is -2.35. The molecule has 2 aromatic carbocycles. The van der Waals surface area contributed by atoms with Crippen LogP contribution in [-0.4, -0.2) is 11.9 Å². The predicted molar refractivity (Wildman–Crippen MR) is 85.3 cm³/mol. The van der Waals surface area contributed by atoms with Crippen molar-refractivity contribution < 1.29 is 4.79 Å². The summed E-state index contributed by atoms with van der Waals surface area (Å²) in [7, 11) is 0. The molecule has 0 radical (unpaired) electrons. The summed E-state index contributed by atoms with van der Waals surface area (Å²) in [5.74, 6) is 0.0758. The molecule has 102 valence electrons. The summed E-state index contributed by atoms with van der Waals surface area (Å²) in [5, 5.41) is 0. The average molecular weight is 330 g/mol. The molecule has 2 aromatic rings. The van der Waals surface area contributed by atoms with E-state index in [9.17, 15) is 4.79 Å². The Morgan fingerprint density at radius 3 is 2.75 bits per heavy atom. The molecule has 0 saturated heterocycles. The minimum absolute atomic E-state index is 0.0758. The first-order chi connectivity index (χ1) is 9.56. The summed E-state index contributed by atoms with van der Waals surface area (Å²) in [4.78, 5) is 14.7. The van der Waals surface area contributed by atoms with Crippen molar-refractivity contribution in [3.05, 3.63) is 63.6 Å². The second-order valence-corrected chi connectivity index (χ2v) is 6.29. The average Bonchev–Trinajstić information content (AvgIpc) is 2.72. The highest BCUT2D eigenvalue weighted by molar-refractivity contribution is 9.10. The fourth-order valence-corrected chi connectivity index (χ4v) is 3.48. The minimum atomic E-state index is 0.0758. The molecular weight excluding hydrogens is 314 g/mol. The summed E-state index contributed by atoms with van der Waals surface area (Å²) >= 11 is 3.47. The quantitative estimate of drug-likeness (QED) is 0.761. The summed E-state index contributed by atoms with van der Waals surface area (Å²) < 4.78 is 0.945. The van der Waals surface area contributed by atoms with Crippen LogP contribution in [0, 0.1) is 6.92 Å². The summed E-state index contributed by atoms with van der Waals surface area (Å²) in [6, 6.07) is 14.2. The van der Waals surface area contributed by atoms with E-state index in [1.807, 2.05) is 48.2 Å². The third kappa shape index (κ3) is 2.27. The topological polar surface area (TPSA) is 20.3 Å². The van der Waals surface area contributed by atoms with E-state index >= 15 is 0 Å². The maximum Gasteiger partial charge on any atom is 0.258 e. The number of hydrogen-bond donors (Lipinski definition) is 0. The Hall–Kier alpha value is -1.61. The number of carbonyl (C=O) groups excluding carboxylic acids is 1. The Balaban J connectivity index is 2.02. The number of rotatable bonds is 1. The van der Waals surface area contributed by atoms with Gasteiger partial charge in [-0.1, -0.05) is 34.1 Å². The third-order valence-corrected chi connectivity index (χ3v) is 4.17. The Bertz CT molecular complexity index is 660. The van der Waals surface area contributed by atoms with Crippen molar-refractivity contribution in [2.24, 2.45) is 0 Å². The molecule has 0 aromatic heterocycles. The van der Waals surface area contributed by atoms with Crippen LogP contribution in [0.25, 0.3) is 0 Å². The number of hydrogen-bond acceptors (Lipinski definition) is 1. The van der Waals surface area contributed by atoms with Crippen molar-refractivity contribution in [1.82, 2.24) is 0 Å². The van der Waals surface area contributed by atoms with Crippen molar-refractivity contribution in [2.75, 3.05) is 4.90 Å². The van der Waals surface area contributed by atoms with Crippen LogP contribution in [-0.2, 0) is 6.42 Å². The van der Waals surface area contributed by atoms with Crippen molar-refractivity contribution in [3.8, 4) is 0 Å². The molecule has 3 heteroatoms. The number of carbonyl (C=O) groups is 1. The fraction of sp³-hybridized carbons (Fsp3) is 0.235. The highest BCUT2D eigenvalue weighted by atomic mass is 79.9. The Morgan fingerprint density at radius 2 is 2.00 bits per heavy atom. The lowest BCUT2D eigenvalue weighted by atomic mass is 10.1. The molecule has 1 aliphatic rings. The second kappa shape index (κ2) is 5.06. The largest absolute Gasteiger partial charge is 0.305 e. The molecule has 0 spiro atoms. The molecule has 1 amide bonds. The first-order valence-electron chi connectivity index (χ1n) is 6.75. The lowest BCUT2D eigenvalue weighted by Gasteiger charge is -2.23. The smallest absolute Gasteiger partial charge is 0.258 e. The normalized spacial score (nSPS) is 17.1. The Labute approximate surface area is 127 Å². The first kappa shape index (κ1) is 13.4. The minimum Gasteiger partial charge on any atom is -0.305 e. The number of para-hydroxylation sites is 1. The van der Waals surface area contributed by atoms with Crippen LogP contribution in [0.5, 0.6) is 0 Å². The standard InChI is InChI=1S/C17H16BrNO/c1-11-7-14(10-15(18)8-11)17(20)19-12(2)9-13-5-3-4-6-16(13)19/h3-8,10,12H,9H2,1-2H3. The van der Waals surface area contributed by atoms with E-state index in [4.69, 9.17) is 0 Å². The monoisotopic (exact) mass is 329 g/mol. The molecule has 2 nitrogen and oxygen atoms in total. The summed E-state index contributed by atoms with van der Waals surface area (Å²) in [6.07, 6.45) is 0.925. The number of anilines is 1. The SMILES string of the molecule is Cc1cc(Br)cc(C(=O)N2c3ccccc3CC2C)c1. The fourth-order valence-electron chi connectivity index (χ4n) is 2.87. The molecule has 0 bridgehead atoms. The second-order valence-electron chi connectivity index (χ2n) is 5.37. The highest BCUT2D eigenvalue weighted by Crippen LogP contribution is 2.33. The van der Waals surface area contributed by atoms with Gasteiger partial charge in [-0.2, -0.15) is 0 Å². The molecule has 1 aliphatic heterocycles. The van der Waals surface area contributed by atoms with Gasteiger partial charge in [-0.25, -0.2) is 0 Å². The first-order valence-corrected chi connectivity index (χ1v) is 7.54. The number of fused-ring (bicyclic) bond motifs is 1. The van der Waals surface area contributed by atoms with Gasteiger partial charge in [-0.05, 0) is 55.7 Å². The molecule has 3 rings (SSSR count). The van der Waals surface area contributed by atoms with Crippen molar-refractivity contribution in [1.29, 1.82) is 0 Å². The van der Waals surface area contributed by atoms with E-state index in [-0.39, 0.29) is 11.9 Å². The van der Waals surface area contributed by atoms with Crippen LogP contribution in [0.3, 0.4) is 0 Å². The molecule has 1 heterocycles. The molecule has 0 fully saturated rings. The molecule has 0 N–H and O–H groups in total. The number of nitrogens with zero attached hydrogens (tertiary/aromatic N) is 1.